The first-order valence-corrected chi connectivity index (χ1v) is 10.1. The summed E-state index contributed by atoms with van der Waals surface area (Å²) in [6.07, 6.45) is -1.42. The van der Waals surface area contributed by atoms with Crippen LogP contribution in [0.5, 0.6) is 0 Å². The van der Waals surface area contributed by atoms with Gasteiger partial charge < -0.3 is 21.3 Å². The second-order valence-corrected chi connectivity index (χ2v) is 7.96. The van der Waals surface area contributed by atoms with E-state index >= 15 is 0 Å². The molecule has 2 aromatic carbocycles. The Kier molecular flexibility index (Phi) is 5.80. The summed E-state index contributed by atoms with van der Waals surface area (Å²) in [4.78, 5) is 38.0. The molecule has 2 fully saturated rings. The highest BCUT2D eigenvalue weighted by Crippen LogP contribution is 2.30. The van der Waals surface area contributed by atoms with E-state index in [4.69, 9.17) is 23.2 Å². The van der Waals surface area contributed by atoms with Crippen molar-refractivity contribution >= 4 is 52.3 Å². The normalized spacial score (nSPS) is 25.5. The van der Waals surface area contributed by atoms with E-state index in [0.717, 1.165) is 5.69 Å². The Labute approximate surface area is 182 Å². The molecule has 10 heteroatoms. The van der Waals surface area contributed by atoms with Crippen molar-refractivity contribution in [3.8, 4) is 0 Å². The predicted octanol–water partition coefficient (Wildman–Crippen LogP) is 2.13. The van der Waals surface area contributed by atoms with Crippen LogP contribution in [0, 0.1) is 11.8 Å². The number of hydrogen-bond donors (Lipinski definition) is 5. The summed E-state index contributed by atoms with van der Waals surface area (Å²) in [6.45, 7) is 0. The molecule has 0 bridgehead atoms. The predicted molar refractivity (Wildman–Crippen MR) is 114 cm³/mol. The van der Waals surface area contributed by atoms with E-state index in [1.165, 1.54) is 6.07 Å². The van der Waals surface area contributed by atoms with E-state index in [9.17, 15) is 14.4 Å². The number of hydrogen-bond acceptors (Lipinski definition) is 5. The SMILES string of the molecule is O=C1CC(C(=O)Nc2cc(Cl)ccc2Cl)C2C(=O)NC(Nc3ccccc3)NC2N1. The number of nitrogens with one attached hydrogen (secondary N) is 5. The van der Waals surface area contributed by atoms with Crippen LogP contribution in [0.1, 0.15) is 6.42 Å². The van der Waals surface area contributed by atoms with Crippen LogP contribution in [0.25, 0.3) is 0 Å². The van der Waals surface area contributed by atoms with Gasteiger partial charge in [-0.05, 0) is 30.3 Å². The van der Waals surface area contributed by atoms with Crippen LogP contribution in [0.15, 0.2) is 48.5 Å². The van der Waals surface area contributed by atoms with Gasteiger partial charge in [-0.15, -0.1) is 0 Å². The van der Waals surface area contributed by atoms with E-state index < -0.39 is 30.2 Å². The highest BCUT2D eigenvalue weighted by Gasteiger charge is 2.48. The van der Waals surface area contributed by atoms with Gasteiger partial charge in [0.1, 0.15) is 0 Å². The van der Waals surface area contributed by atoms with Gasteiger partial charge in [0.05, 0.1) is 28.7 Å². The third-order valence-electron chi connectivity index (χ3n) is 5.06. The number of anilines is 2. The van der Waals surface area contributed by atoms with Gasteiger partial charge in [0, 0.05) is 17.1 Å². The van der Waals surface area contributed by atoms with E-state index in [0.29, 0.717) is 15.7 Å². The standard InChI is InChI=1S/C20H19Cl2N5O3/c21-10-6-7-13(22)14(8-10)24-18(29)12-9-15(28)25-17-16(12)19(30)27-20(26-17)23-11-4-2-1-3-5-11/h1-8,12,16-17,20,23,26H,9H2,(H,24,29)(H,25,28)(H,27,30). The molecule has 2 aliphatic heterocycles. The van der Waals surface area contributed by atoms with Crippen LogP contribution in [-0.4, -0.2) is 30.2 Å². The molecule has 2 saturated heterocycles. The largest absolute Gasteiger partial charge is 0.353 e. The highest BCUT2D eigenvalue weighted by molar-refractivity contribution is 6.35. The fourth-order valence-corrected chi connectivity index (χ4v) is 4.01. The molecule has 0 spiro atoms. The number of carbonyl (C=O) groups excluding carboxylic acids is 3. The molecule has 8 nitrogen and oxygen atoms in total. The number of amides is 3. The fourth-order valence-electron chi connectivity index (χ4n) is 3.67. The molecule has 4 atom stereocenters. The van der Waals surface area contributed by atoms with Gasteiger partial charge in [0.25, 0.3) is 0 Å². The van der Waals surface area contributed by atoms with Gasteiger partial charge in [-0.25, -0.2) is 0 Å². The number of carbonyl (C=O) groups is 3. The minimum atomic E-state index is -0.871. The molecular weight excluding hydrogens is 429 g/mol. The minimum absolute atomic E-state index is 0.114. The lowest BCUT2D eigenvalue weighted by Crippen LogP contribution is -2.72. The Hall–Kier alpha value is -2.81. The molecule has 0 aromatic heterocycles. The maximum atomic E-state index is 12.9. The zero-order valence-corrected chi connectivity index (χ0v) is 17.1. The number of benzene rings is 2. The van der Waals surface area contributed by atoms with Crippen molar-refractivity contribution in [2.45, 2.75) is 18.9 Å². The van der Waals surface area contributed by atoms with Crippen molar-refractivity contribution < 1.29 is 14.4 Å². The third-order valence-corrected chi connectivity index (χ3v) is 5.62. The quantitative estimate of drug-likeness (QED) is 0.492. The Morgan fingerprint density at radius 1 is 1.03 bits per heavy atom. The molecule has 156 valence electrons. The zero-order chi connectivity index (χ0) is 21.3. The van der Waals surface area contributed by atoms with Gasteiger partial charge in [-0.3, -0.25) is 19.7 Å². The summed E-state index contributed by atoms with van der Waals surface area (Å²) in [6, 6.07) is 14.0. The lowest BCUT2D eigenvalue weighted by atomic mass is 9.81. The van der Waals surface area contributed by atoms with Gasteiger partial charge in [-0.1, -0.05) is 41.4 Å². The van der Waals surface area contributed by atoms with E-state index in [-0.39, 0.29) is 18.2 Å². The second kappa shape index (κ2) is 8.51. The average Bonchev–Trinajstić information content (AvgIpc) is 2.70. The Bertz CT molecular complexity index is 988. The monoisotopic (exact) mass is 447 g/mol. The molecule has 4 unspecified atom stereocenters. The Morgan fingerprint density at radius 3 is 2.57 bits per heavy atom. The van der Waals surface area contributed by atoms with Crippen LogP contribution in [0.2, 0.25) is 10.0 Å². The van der Waals surface area contributed by atoms with E-state index in [2.05, 4.69) is 26.6 Å². The number of fused-ring (bicyclic) bond motifs is 1. The molecule has 4 rings (SSSR count). The summed E-state index contributed by atoms with van der Waals surface area (Å²) in [7, 11) is 0. The molecule has 2 aromatic rings. The molecule has 5 N–H and O–H groups in total. The van der Waals surface area contributed by atoms with Crippen molar-refractivity contribution in [3.05, 3.63) is 58.6 Å². The van der Waals surface area contributed by atoms with Crippen LogP contribution in [0.3, 0.4) is 0 Å². The number of piperidine rings is 1. The summed E-state index contributed by atoms with van der Waals surface area (Å²) in [5.41, 5.74) is 1.12. The summed E-state index contributed by atoms with van der Waals surface area (Å²) in [5.74, 6) is -2.80. The average molecular weight is 448 g/mol. The Morgan fingerprint density at radius 2 is 1.80 bits per heavy atom. The summed E-state index contributed by atoms with van der Waals surface area (Å²) in [5, 5.41) is 15.2. The molecule has 2 heterocycles. The van der Waals surface area contributed by atoms with Crippen molar-refractivity contribution in [2.24, 2.45) is 11.8 Å². The van der Waals surface area contributed by atoms with Crippen LogP contribution < -0.4 is 26.6 Å². The summed E-state index contributed by atoms with van der Waals surface area (Å²) < 4.78 is 0. The zero-order valence-electron chi connectivity index (χ0n) is 15.6. The number of para-hydroxylation sites is 1. The first kappa shape index (κ1) is 20.5. The summed E-state index contributed by atoms with van der Waals surface area (Å²) >= 11 is 12.1. The van der Waals surface area contributed by atoms with Gasteiger partial charge in [-0.2, -0.15) is 0 Å². The lowest BCUT2D eigenvalue weighted by molar-refractivity contribution is -0.144. The first-order chi connectivity index (χ1) is 14.4. The van der Waals surface area contributed by atoms with Crippen molar-refractivity contribution in [1.82, 2.24) is 16.0 Å². The van der Waals surface area contributed by atoms with Crippen molar-refractivity contribution in [2.75, 3.05) is 10.6 Å². The fraction of sp³-hybridized carbons (Fsp3) is 0.250. The molecule has 3 amide bonds. The molecule has 0 saturated carbocycles. The third kappa shape index (κ3) is 4.35. The molecule has 0 aliphatic carbocycles. The van der Waals surface area contributed by atoms with Crippen molar-refractivity contribution in [1.29, 1.82) is 0 Å². The number of halogens is 2. The van der Waals surface area contributed by atoms with Crippen LogP contribution in [0.4, 0.5) is 11.4 Å². The maximum Gasteiger partial charge on any atom is 0.229 e. The minimum Gasteiger partial charge on any atom is -0.353 e. The van der Waals surface area contributed by atoms with Crippen LogP contribution >= 0.6 is 23.2 Å². The molecule has 2 aliphatic rings. The van der Waals surface area contributed by atoms with Gasteiger partial charge in [0.15, 0.2) is 6.29 Å². The highest BCUT2D eigenvalue weighted by atomic mass is 35.5. The Balaban J connectivity index is 1.50. The topological polar surface area (TPSA) is 111 Å². The molecule has 0 radical (unpaired) electrons. The molecule has 30 heavy (non-hydrogen) atoms. The van der Waals surface area contributed by atoms with E-state index in [1.54, 1.807) is 12.1 Å². The lowest BCUT2D eigenvalue weighted by Gasteiger charge is -2.43. The number of rotatable bonds is 4. The van der Waals surface area contributed by atoms with E-state index in [1.807, 2.05) is 30.3 Å². The maximum absolute atomic E-state index is 12.9. The van der Waals surface area contributed by atoms with Crippen LogP contribution in [-0.2, 0) is 14.4 Å². The second-order valence-electron chi connectivity index (χ2n) is 7.11. The molecular formula is C20H19Cl2N5O3. The smallest absolute Gasteiger partial charge is 0.229 e. The van der Waals surface area contributed by atoms with Gasteiger partial charge >= 0.3 is 0 Å². The van der Waals surface area contributed by atoms with Gasteiger partial charge in [0.2, 0.25) is 17.7 Å². The van der Waals surface area contributed by atoms with Crippen molar-refractivity contribution in [3.63, 3.8) is 0 Å². The first-order valence-electron chi connectivity index (χ1n) is 9.34.